The lowest BCUT2D eigenvalue weighted by molar-refractivity contribution is 0.306. The molecule has 0 spiro atoms. The number of benzene rings is 3. The van der Waals surface area contributed by atoms with Crippen LogP contribution in [0.25, 0.3) is 22.8 Å². The summed E-state index contributed by atoms with van der Waals surface area (Å²) in [6.07, 6.45) is 0. The van der Waals surface area contributed by atoms with E-state index in [2.05, 4.69) is 36.1 Å². The lowest BCUT2D eigenvalue weighted by atomic mass is 10.0. The van der Waals surface area contributed by atoms with Gasteiger partial charge in [0.15, 0.2) is 0 Å². The second-order valence-electron chi connectivity index (χ2n) is 7.48. The van der Waals surface area contributed by atoms with Crippen LogP contribution < -0.4 is 9.47 Å². The Bertz CT molecular complexity index is 1170. The number of hydrogen-bond acceptors (Lipinski definition) is 5. The number of methoxy groups -OCH3 is 1. The average Bonchev–Trinajstić information content (AvgIpc) is 3.28. The molecular weight excluding hydrogens is 412 g/mol. The van der Waals surface area contributed by atoms with Crippen LogP contribution >= 0.6 is 11.6 Å². The fourth-order valence-corrected chi connectivity index (χ4v) is 3.39. The molecule has 4 aromatic rings. The fraction of sp³-hybridized carbons (Fsp3) is 0.200. The summed E-state index contributed by atoms with van der Waals surface area (Å²) in [6.45, 7) is 4.79. The molecule has 3 aromatic carbocycles. The van der Waals surface area contributed by atoms with E-state index in [-0.39, 0.29) is 0 Å². The molecule has 4 rings (SSSR count). The molecule has 0 radical (unpaired) electrons. The summed E-state index contributed by atoms with van der Waals surface area (Å²) in [4.78, 5) is 4.53. The number of rotatable bonds is 7. The zero-order valence-corrected chi connectivity index (χ0v) is 18.4. The Morgan fingerprint density at radius 2 is 1.81 bits per heavy atom. The first-order chi connectivity index (χ1) is 15.0. The molecule has 5 nitrogen and oxygen atoms in total. The maximum Gasteiger partial charge on any atom is 0.258 e. The lowest BCUT2D eigenvalue weighted by Crippen LogP contribution is -1.96. The fourth-order valence-electron chi connectivity index (χ4n) is 3.21. The van der Waals surface area contributed by atoms with Crippen LogP contribution in [-0.2, 0) is 6.61 Å². The summed E-state index contributed by atoms with van der Waals surface area (Å²) >= 11 is 6.12. The van der Waals surface area contributed by atoms with Crippen molar-refractivity contribution in [1.82, 2.24) is 10.1 Å². The van der Waals surface area contributed by atoms with Gasteiger partial charge >= 0.3 is 0 Å². The third-order valence-corrected chi connectivity index (χ3v) is 5.19. The molecule has 0 N–H and O–H groups in total. The van der Waals surface area contributed by atoms with Gasteiger partial charge in [-0.15, -0.1) is 0 Å². The van der Waals surface area contributed by atoms with Crippen LogP contribution in [0.15, 0.2) is 71.3 Å². The van der Waals surface area contributed by atoms with E-state index in [4.69, 9.17) is 25.6 Å². The normalized spacial score (nSPS) is 11.0. The van der Waals surface area contributed by atoms with Gasteiger partial charge in [0.1, 0.15) is 18.1 Å². The third-order valence-electron chi connectivity index (χ3n) is 4.95. The highest BCUT2D eigenvalue weighted by molar-refractivity contribution is 6.30. The molecule has 0 saturated heterocycles. The highest BCUT2D eigenvalue weighted by Crippen LogP contribution is 2.32. The van der Waals surface area contributed by atoms with Crippen LogP contribution in [0.1, 0.15) is 30.9 Å². The molecule has 0 aliphatic rings. The summed E-state index contributed by atoms with van der Waals surface area (Å²) < 4.78 is 16.8. The smallest absolute Gasteiger partial charge is 0.258 e. The van der Waals surface area contributed by atoms with Crippen LogP contribution in [0, 0.1) is 0 Å². The molecule has 0 fully saturated rings. The molecule has 1 aromatic heterocycles. The van der Waals surface area contributed by atoms with Gasteiger partial charge in [-0.05, 0) is 59.5 Å². The minimum Gasteiger partial charge on any atom is -0.496 e. The van der Waals surface area contributed by atoms with E-state index in [1.807, 2.05) is 36.4 Å². The topological polar surface area (TPSA) is 57.4 Å². The maximum absolute atomic E-state index is 6.12. The van der Waals surface area contributed by atoms with Crippen LogP contribution in [0.5, 0.6) is 11.5 Å². The van der Waals surface area contributed by atoms with Crippen molar-refractivity contribution in [3.63, 3.8) is 0 Å². The standard InChI is InChI=1S/C25H23ClN2O3/c1-16(2)18-7-10-21(11-8-18)30-15-17-5-4-6-19(13-17)25-27-24(28-31-25)22-14-20(26)9-12-23(22)29-3/h4-14,16H,15H2,1-3H3. The quantitative estimate of drug-likeness (QED) is 0.321. The molecule has 0 aliphatic carbocycles. The Labute approximate surface area is 186 Å². The van der Waals surface area contributed by atoms with Gasteiger partial charge in [-0.2, -0.15) is 4.98 Å². The highest BCUT2D eigenvalue weighted by atomic mass is 35.5. The van der Waals surface area contributed by atoms with E-state index in [9.17, 15) is 0 Å². The molecule has 0 atom stereocenters. The predicted molar refractivity (Wildman–Crippen MR) is 122 cm³/mol. The Balaban J connectivity index is 1.51. The molecule has 1 heterocycles. The van der Waals surface area contributed by atoms with Crippen molar-refractivity contribution < 1.29 is 14.0 Å². The molecule has 0 saturated carbocycles. The van der Waals surface area contributed by atoms with Gasteiger partial charge in [0, 0.05) is 10.6 Å². The van der Waals surface area contributed by atoms with E-state index in [1.165, 1.54) is 5.56 Å². The van der Waals surface area contributed by atoms with Crippen molar-refractivity contribution in [2.24, 2.45) is 0 Å². The second-order valence-corrected chi connectivity index (χ2v) is 7.92. The summed E-state index contributed by atoms with van der Waals surface area (Å²) in [7, 11) is 1.59. The minimum absolute atomic E-state index is 0.417. The second kappa shape index (κ2) is 9.23. The third kappa shape index (κ3) is 4.89. The predicted octanol–water partition coefficient (Wildman–Crippen LogP) is 6.77. The Morgan fingerprint density at radius 3 is 2.55 bits per heavy atom. The van der Waals surface area contributed by atoms with E-state index in [0.29, 0.717) is 40.6 Å². The van der Waals surface area contributed by atoms with Crippen molar-refractivity contribution >= 4 is 11.6 Å². The maximum atomic E-state index is 6.12. The van der Waals surface area contributed by atoms with E-state index in [0.717, 1.165) is 16.9 Å². The molecule has 0 bridgehead atoms. The summed E-state index contributed by atoms with van der Waals surface area (Å²) in [5, 5.41) is 4.67. The first-order valence-electron chi connectivity index (χ1n) is 10.0. The van der Waals surface area contributed by atoms with E-state index < -0.39 is 0 Å². The minimum atomic E-state index is 0.417. The average molecular weight is 435 g/mol. The first kappa shape index (κ1) is 20.9. The molecule has 6 heteroatoms. The molecule has 0 unspecified atom stereocenters. The molecule has 31 heavy (non-hydrogen) atoms. The van der Waals surface area contributed by atoms with Crippen LogP contribution in [0.4, 0.5) is 0 Å². The lowest BCUT2D eigenvalue weighted by Gasteiger charge is -2.09. The van der Waals surface area contributed by atoms with E-state index in [1.54, 1.807) is 25.3 Å². The van der Waals surface area contributed by atoms with Crippen molar-refractivity contribution in [2.75, 3.05) is 7.11 Å². The van der Waals surface area contributed by atoms with Crippen LogP contribution in [0.3, 0.4) is 0 Å². The van der Waals surface area contributed by atoms with Crippen molar-refractivity contribution in [3.8, 4) is 34.3 Å². The largest absolute Gasteiger partial charge is 0.496 e. The Morgan fingerprint density at radius 1 is 1.00 bits per heavy atom. The number of halogens is 1. The van der Waals surface area contributed by atoms with Crippen molar-refractivity contribution in [3.05, 3.63) is 82.9 Å². The van der Waals surface area contributed by atoms with Crippen LogP contribution in [0.2, 0.25) is 5.02 Å². The van der Waals surface area contributed by atoms with Gasteiger partial charge in [0.2, 0.25) is 5.82 Å². The molecule has 158 valence electrons. The van der Waals surface area contributed by atoms with Gasteiger partial charge in [-0.1, -0.05) is 54.9 Å². The van der Waals surface area contributed by atoms with Gasteiger partial charge in [0.25, 0.3) is 5.89 Å². The monoisotopic (exact) mass is 434 g/mol. The molecule has 0 amide bonds. The summed E-state index contributed by atoms with van der Waals surface area (Å²) in [5.41, 5.74) is 3.79. The number of hydrogen-bond donors (Lipinski definition) is 0. The summed E-state index contributed by atoms with van der Waals surface area (Å²) in [6, 6.07) is 21.3. The Kier molecular flexibility index (Phi) is 6.23. The molecule has 0 aliphatic heterocycles. The van der Waals surface area contributed by atoms with Crippen molar-refractivity contribution in [2.45, 2.75) is 26.4 Å². The number of ether oxygens (including phenoxy) is 2. The van der Waals surface area contributed by atoms with Crippen molar-refractivity contribution in [1.29, 1.82) is 0 Å². The van der Waals surface area contributed by atoms with Crippen LogP contribution in [-0.4, -0.2) is 17.3 Å². The number of aromatic nitrogens is 2. The SMILES string of the molecule is COc1ccc(Cl)cc1-c1noc(-c2cccc(COc3ccc(C(C)C)cc3)c2)n1. The first-order valence-corrected chi connectivity index (χ1v) is 10.4. The van der Waals surface area contributed by atoms with E-state index >= 15 is 0 Å². The Hall–Kier alpha value is -3.31. The van der Waals surface area contributed by atoms with Gasteiger partial charge in [-0.25, -0.2) is 0 Å². The zero-order chi connectivity index (χ0) is 21.8. The summed E-state index contributed by atoms with van der Waals surface area (Å²) in [5.74, 6) is 2.80. The highest BCUT2D eigenvalue weighted by Gasteiger charge is 2.15. The zero-order valence-electron chi connectivity index (χ0n) is 17.6. The number of nitrogens with zero attached hydrogens (tertiary/aromatic N) is 2. The molecular formula is C25H23ClN2O3. The van der Waals surface area contributed by atoms with Gasteiger partial charge in [-0.3, -0.25) is 0 Å². The van der Waals surface area contributed by atoms with Gasteiger partial charge in [0.05, 0.1) is 12.7 Å². The van der Waals surface area contributed by atoms with Gasteiger partial charge < -0.3 is 14.0 Å².